The predicted octanol–water partition coefficient (Wildman–Crippen LogP) is 3.86. The summed E-state index contributed by atoms with van der Waals surface area (Å²) in [7, 11) is 0. The molecule has 0 unspecified atom stereocenters. The van der Waals surface area contributed by atoms with Crippen molar-refractivity contribution >= 4 is 39.9 Å². The topological polar surface area (TPSA) is 96.9 Å². The zero-order valence-corrected chi connectivity index (χ0v) is 18.8. The Kier molecular flexibility index (Phi) is 7.88. The Morgan fingerprint density at radius 1 is 1.00 bits per heavy atom. The van der Waals surface area contributed by atoms with Gasteiger partial charge in [0.2, 0.25) is 0 Å². The first kappa shape index (κ1) is 22.9. The Labute approximate surface area is 193 Å². The van der Waals surface area contributed by atoms with Gasteiger partial charge >= 0.3 is 5.97 Å². The van der Waals surface area contributed by atoms with E-state index in [9.17, 15) is 14.4 Å². The number of halogens is 1. The Bertz CT molecular complexity index is 1160. The Balaban J connectivity index is 1.46. The van der Waals surface area contributed by atoms with Crippen LogP contribution in [0.5, 0.6) is 5.75 Å². The van der Waals surface area contributed by atoms with Gasteiger partial charge in [0, 0.05) is 10.0 Å². The van der Waals surface area contributed by atoms with E-state index >= 15 is 0 Å². The first-order valence-corrected chi connectivity index (χ1v) is 10.5. The number of rotatable bonds is 7. The summed E-state index contributed by atoms with van der Waals surface area (Å²) in [5.74, 6) is -0.883. The minimum absolute atomic E-state index is 0.200. The molecule has 162 valence electrons. The molecule has 3 aromatic carbocycles. The molecule has 0 bridgehead atoms. The number of hydrazone groups is 1. The van der Waals surface area contributed by atoms with Crippen molar-refractivity contribution < 1.29 is 19.1 Å². The minimum Gasteiger partial charge on any atom is -0.423 e. The number of amides is 2. The van der Waals surface area contributed by atoms with Crippen molar-refractivity contribution in [1.82, 2.24) is 10.7 Å². The van der Waals surface area contributed by atoms with Gasteiger partial charge in [0.05, 0.1) is 18.3 Å². The summed E-state index contributed by atoms with van der Waals surface area (Å²) < 4.78 is 6.01. The molecule has 3 aromatic rings. The molecule has 0 fully saturated rings. The summed E-state index contributed by atoms with van der Waals surface area (Å²) in [4.78, 5) is 36.1. The van der Waals surface area contributed by atoms with Crippen LogP contribution in [0.15, 0.2) is 82.4 Å². The molecule has 32 heavy (non-hydrogen) atoms. The summed E-state index contributed by atoms with van der Waals surface area (Å²) in [6.45, 7) is 1.69. The summed E-state index contributed by atoms with van der Waals surface area (Å²) in [6.07, 6.45) is 1.44. The number of hydrogen-bond acceptors (Lipinski definition) is 5. The van der Waals surface area contributed by atoms with Gasteiger partial charge in [-0.05, 0) is 76.9 Å². The van der Waals surface area contributed by atoms with Crippen LogP contribution in [-0.2, 0) is 4.79 Å². The minimum atomic E-state index is -0.473. The fourth-order valence-electron chi connectivity index (χ4n) is 2.68. The van der Waals surface area contributed by atoms with Gasteiger partial charge in [0.1, 0.15) is 5.75 Å². The Hall–Kier alpha value is -3.78. The maximum absolute atomic E-state index is 12.2. The number of nitrogens with zero attached hydrogens (tertiary/aromatic N) is 1. The summed E-state index contributed by atoms with van der Waals surface area (Å²) in [5, 5.41) is 6.41. The van der Waals surface area contributed by atoms with E-state index in [1.807, 2.05) is 19.1 Å². The van der Waals surface area contributed by atoms with Crippen LogP contribution < -0.4 is 15.5 Å². The first-order valence-electron chi connectivity index (χ1n) is 9.66. The molecule has 8 heteroatoms. The molecule has 0 saturated heterocycles. The molecular formula is C24H20BrN3O4. The van der Waals surface area contributed by atoms with Crippen molar-refractivity contribution in [2.45, 2.75) is 6.92 Å². The average molecular weight is 494 g/mol. The largest absolute Gasteiger partial charge is 0.423 e. The number of aryl methyl sites for hydroxylation is 1. The number of nitrogens with one attached hydrogen (secondary N) is 2. The van der Waals surface area contributed by atoms with E-state index in [1.165, 1.54) is 6.21 Å². The molecular weight excluding hydrogens is 474 g/mol. The van der Waals surface area contributed by atoms with Crippen molar-refractivity contribution in [3.8, 4) is 5.75 Å². The molecule has 0 heterocycles. The molecule has 0 radical (unpaired) electrons. The Morgan fingerprint density at radius 2 is 1.75 bits per heavy atom. The van der Waals surface area contributed by atoms with Crippen LogP contribution in [0.2, 0.25) is 0 Å². The predicted molar refractivity (Wildman–Crippen MR) is 125 cm³/mol. The lowest BCUT2D eigenvalue weighted by atomic mass is 10.1. The highest BCUT2D eigenvalue weighted by molar-refractivity contribution is 9.10. The molecule has 0 aliphatic carbocycles. The van der Waals surface area contributed by atoms with Gasteiger partial charge in [0.25, 0.3) is 11.8 Å². The summed E-state index contributed by atoms with van der Waals surface area (Å²) in [6, 6.07) is 20.7. The van der Waals surface area contributed by atoms with Crippen LogP contribution in [-0.4, -0.2) is 30.5 Å². The maximum Gasteiger partial charge on any atom is 0.344 e. The molecule has 0 aliphatic heterocycles. The van der Waals surface area contributed by atoms with E-state index in [1.54, 1.807) is 60.7 Å². The third kappa shape index (κ3) is 6.61. The van der Waals surface area contributed by atoms with Gasteiger partial charge in [-0.1, -0.05) is 29.8 Å². The fourth-order valence-corrected chi connectivity index (χ4v) is 3.12. The van der Waals surface area contributed by atoms with E-state index in [2.05, 4.69) is 31.8 Å². The number of carbonyl (C=O) groups is 3. The average Bonchev–Trinajstić information content (AvgIpc) is 2.79. The van der Waals surface area contributed by atoms with Crippen LogP contribution in [0, 0.1) is 6.92 Å². The first-order chi connectivity index (χ1) is 15.4. The normalized spacial score (nSPS) is 10.6. The number of carbonyl (C=O) groups excluding carboxylic acids is 3. The van der Waals surface area contributed by atoms with E-state index < -0.39 is 11.9 Å². The highest BCUT2D eigenvalue weighted by atomic mass is 79.9. The van der Waals surface area contributed by atoms with Crippen molar-refractivity contribution in [1.29, 1.82) is 0 Å². The third-order valence-corrected chi connectivity index (χ3v) is 4.97. The van der Waals surface area contributed by atoms with Gasteiger partial charge < -0.3 is 10.1 Å². The van der Waals surface area contributed by atoms with Crippen LogP contribution in [0.3, 0.4) is 0 Å². The van der Waals surface area contributed by atoms with E-state index in [4.69, 9.17) is 4.74 Å². The molecule has 2 N–H and O–H groups in total. The van der Waals surface area contributed by atoms with Gasteiger partial charge in [-0.3, -0.25) is 9.59 Å². The molecule has 0 spiro atoms. The number of hydrogen-bond donors (Lipinski definition) is 2. The molecule has 2 amide bonds. The highest BCUT2D eigenvalue weighted by Gasteiger charge is 2.11. The highest BCUT2D eigenvalue weighted by Crippen LogP contribution is 2.19. The van der Waals surface area contributed by atoms with Crippen LogP contribution in [0.1, 0.15) is 31.8 Å². The SMILES string of the molecule is Cc1cccc(C(=O)NCC(=O)N/N=C/c2ccc(OC(=O)c3ccccc3Br)cc2)c1. The summed E-state index contributed by atoms with van der Waals surface area (Å²) in [5.41, 5.74) is 4.91. The van der Waals surface area contributed by atoms with Crippen molar-refractivity contribution in [2.75, 3.05) is 6.54 Å². The number of esters is 1. The second-order valence-corrected chi connectivity index (χ2v) is 7.64. The second-order valence-electron chi connectivity index (χ2n) is 6.78. The van der Waals surface area contributed by atoms with E-state index in [-0.39, 0.29) is 12.5 Å². The lowest BCUT2D eigenvalue weighted by molar-refractivity contribution is -0.120. The lowest BCUT2D eigenvalue weighted by Gasteiger charge is -2.06. The maximum atomic E-state index is 12.2. The summed E-state index contributed by atoms with van der Waals surface area (Å²) >= 11 is 3.32. The lowest BCUT2D eigenvalue weighted by Crippen LogP contribution is -2.34. The zero-order chi connectivity index (χ0) is 22.9. The zero-order valence-electron chi connectivity index (χ0n) is 17.2. The number of ether oxygens (including phenoxy) is 1. The van der Waals surface area contributed by atoms with Gasteiger partial charge in [-0.25, -0.2) is 10.2 Å². The molecule has 0 aromatic heterocycles. The molecule has 0 atom stereocenters. The quantitative estimate of drug-likeness (QED) is 0.226. The number of benzene rings is 3. The third-order valence-electron chi connectivity index (χ3n) is 4.28. The van der Waals surface area contributed by atoms with Crippen LogP contribution >= 0.6 is 15.9 Å². The van der Waals surface area contributed by atoms with Crippen molar-refractivity contribution in [3.63, 3.8) is 0 Å². The van der Waals surface area contributed by atoms with Crippen molar-refractivity contribution in [2.24, 2.45) is 5.10 Å². The smallest absolute Gasteiger partial charge is 0.344 e. The Morgan fingerprint density at radius 3 is 2.47 bits per heavy atom. The van der Waals surface area contributed by atoms with Gasteiger partial charge in [-0.2, -0.15) is 5.10 Å². The molecule has 0 aliphatic rings. The molecule has 7 nitrogen and oxygen atoms in total. The molecule has 0 saturated carbocycles. The van der Waals surface area contributed by atoms with E-state index in [0.717, 1.165) is 5.56 Å². The van der Waals surface area contributed by atoms with Crippen LogP contribution in [0.4, 0.5) is 0 Å². The van der Waals surface area contributed by atoms with Crippen molar-refractivity contribution in [3.05, 3.63) is 99.5 Å². The standard InChI is InChI=1S/C24H20BrN3O4/c1-16-5-4-6-18(13-16)23(30)26-15-22(29)28-27-14-17-9-11-19(12-10-17)32-24(31)20-7-2-3-8-21(20)25/h2-14H,15H2,1H3,(H,26,30)(H,28,29)/b27-14+. The van der Waals surface area contributed by atoms with E-state index in [0.29, 0.717) is 26.9 Å². The fraction of sp³-hybridized carbons (Fsp3) is 0.0833. The second kappa shape index (κ2) is 11.0. The molecule has 3 rings (SSSR count). The van der Waals surface area contributed by atoms with Crippen LogP contribution in [0.25, 0.3) is 0 Å². The van der Waals surface area contributed by atoms with Gasteiger partial charge in [0.15, 0.2) is 0 Å². The monoisotopic (exact) mass is 493 g/mol. The van der Waals surface area contributed by atoms with Gasteiger partial charge in [-0.15, -0.1) is 0 Å².